The van der Waals surface area contributed by atoms with Crippen LogP contribution in [0.2, 0.25) is 0 Å². The molecule has 0 aromatic heterocycles. The van der Waals surface area contributed by atoms with E-state index in [2.05, 4.69) is 5.32 Å². The van der Waals surface area contributed by atoms with Crippen molar-refractivity contribution >= 4 is 17.3 Å². The highest BCUT2D eigenvalue weighted by atomic mass is 16.5. The van der Waals surface area contributed by atoms with E-state index in [-0.39, 0.29) is 5.91 Å². The number of hydrogen-bond donors (Lipinski definition) is 2. The van der Waals surface area contributed by atoms with Crippen LogP contribution >= 0.6 is 0 Å². The summed E-state index contributed by atoms with van der Waals surface area (Å²) in [5.74, 6) is 1.44. The zero-order valence-corrected chi connectivity index (χ0v) is 13.5. The zero-order chi connectivity index (χ0) is 16.7. The Hall–Kier alpha value is -2.69. The Morgan fingerprint density at radius 1 is 1.04 bits per heavy atom. The largest absolute Gasteiger partial charge is 0.497 e. The van der Waals surface area contributed by atoms with Crippen molar-refractivity contribution in [2.45, 2.75) is 19.3 Å². The number of ether oxygens (including phenoxy) is 2. The van der Waals surface area contributed by atoms with Gasteiger partial charge in [0.05, 0.1) is 25.6 Å². The summed E-state index contributed by atoms with van der Waals surface area (Å²) < 4.78 is 10.3. The molecule has 0 saturated heterocycles. The number of nitrogen functional groups attached to an aromatic ring is 1. The van der Waals surface area contributed by atoms with Crippen molar-refractivity contribution in [3.63, 3.8) is 0 Å². The zero-order valence-electron chi connectivity index (χ0n) is 13.5. The Balaban J connectivity index is 1.83. The highest BCUT2D eigenvalue weighted by molar-refractivity contribution is 5.94. The van der Waals surface area contributed by atoms with Gasteiger partial charge in [0.15, 0.2) is 0 Å². The molecule has 0 aliphatic rings. The molecule has 0 unspecified atom stereocenters. The lowest BCUT2D eigenvalue weighted by Gasteiger charge is -2.10. The maximum absolute atomic E-state index is 12.0. The molecule has 0 aliphatic heterocycles. The van der Waals surface area contributed by atoms with Crippen molar-refractivity contribution in [3.8, 4) is 11.5 Å². The van der Waals surface area contributed by atoms with E-state index in [1.807, 2.05) is 24.3 Å². The van der Waals surface area contributed by atoms with Crippen LogP contribution in [0.25, 0.3) is 0 Å². The van der Waals surface area contributed by atoms with Crippen LogP contribution in [0.3, 0.4) is 0 Å². The van der Waals surface area contributed by atoms with Gasteiger partial charge in [0.25, 0.3) is 0 Å². The lowest BCUT2D eigenvalue weighted by atomic mass is 10.1. The Bertz CT molecular complexity index is 654. The quantitative estimate of drug-likeness (QED) is 0.769. The third kappa shape index (κ3) is 4.92. The van der Waals surface area contributed by atoms with Crippen molar-refractivity contribution in [2.75, 3.05) is 25.3 Å². The van der Waals surface area contributed by atoms with Gasteiger partial charge in [0, 0.05) is 12.5 Å². The monoisotopic (exact) mass is 314 g/mol. The maximum atomic E-state index is 12.0. The standard InChI is InChI=1S/C18H22N2O3/c1-22-14-8-6-13(7-9-14)4-3-5-18(21)20-17-12-15(23-2)10-11-16(17)19/h6-12H,3-5,19H2,1-2H3,(H,20,21). The first kappa shape index (κ1) is 16.7. The second-order valence-electron chi connectivity index (χ2n) is 5.20. The summed E-state index contributed by atoms with van der Waals surface area (Å²) in [6.45, 7) is 0. The molecule has 0 aliphatic carbocycles. The number of hydrogen-bond acceptors (Lipinski definition) is 4. The number of nitrogens with two attached hydrogens (primary N) is 1. The molecule has 0 heterocycles. The summed E-state index contributed by atoms with van der Waals surface area (Å²) in [4.78, 5) is 12.0. The summed E-state index contributed by atoms with van der Waals surface area (Å²) in [5, 5.41) is 2.83. The number of methoxy groups -OCH3 is 2. The first-order valence-corrected chi connectivity index (χ1v) is 7.48. The van der Waals surface area contributed by atoms with E-state index in [1.54, 1.807) is 32.4 Å². The third-order valence-corrected chi connectivity index (χ3v) is 3.56. The van der Waals surface area contributed by atoms with Crippen molar-refractivity contribution in [1.82, 2.24) is 0 Å². The van der Waals surface area contributed by atoms with Crippen LogP contribution in [0, 0.1) is 0 Å². The van der Waals surface area contributed by atoms with E-state index in [0.717, 1.165) is 18.6 Å². The molecule has 0 radical (unpaired) electrons. The number of amides is 1. The average Bonchev–Trinajstić information content (AvgIpc) is 2.57. The molecule has 5 heteroatoms. The van der Waals surface area contributed by atoms with Crippen LogP contribution in [-0.2, 0) is 11.2 Å². The molecule has 0 atom stereocenters. The summed E-state index contributed by atoms with van der Waals surface area (Å²) in [6.07, 6.45) is 2.04. The second kappa shape index (κ2) is 8.08. The predicted octanol–water partition coefficient (Wildman–Crippen LogP) is 3.25. The molecule has 1 amide bonds. The molecule has 0 saturated carbocycles. The topological polar surface area (TPSA) is 73.6 Å². The van der Waals surface area contributed by atoms with Crippen molar-refractivity contribution in [2.24, 2.45) is 0 Å². The molecular formula is C18H22N2O3. The van der Waals surface area contributed by atoms with E-state index in [4.69, 9.17) is 15.2 Å². The predicted molar refractivity (Wildman–Crippen MR) is 92.0 cm³/mol. The first-order valence-electron chi connectivity index (χ1n) is 7.48. The molecule has 2 rings (SSSR count). The molecule has 23 heavy (non-hydrogen) atoms. The minimum atomic E-state index is -0.0570. The van der Waals surface area contributed by atoms with Gasteiger partial charge in [-0.05, 0) is 42.7 Å². The van der Waals surface area contributed by atoms with E-state index in [1.165, 1.54) is 5.56 Å². The van der Waals surface area contributed by atoms with Gasteiger partial charge < -0.3 is 20.5 Å². The van der Waals surface area contributed by atoms with Gasteiger partial charge in [-0.15, -0.1) is 0 Å². The smallest absolute Gasteiger partial charge is 0.224 e. The molecule has 2 aromatic carbocycles. The Morgan fingerprint density at radius 2 is 1.70 bits per heavy atom. The maximum Gasteiger partial charge on any atom is 0.224 e. The van der Waals surface area contributed by atoms with Gasteiger partial charge in [-0.3, -0.25) is 4.79 Å². The normalized spacial score (nSPS) is 10.2. The van der Waals surface area contributed by atoms with Gasteiger partial charge >= 0.3 is 0 Å². The Labute approximate surface area is 136 Å². The highest BCUT2D eigenvalue weighted by Crippen LogP contribution is 2.24. The number of benzene rings is 2. The van der Waals surface area contributed by atoms with Gasteiger partial charge in [0.2, 0.25) is 5.91 Å². The van der Waals surface area contributed by atoms with Gasteiger partial charge in [-0.1, -0.05) is 12.1 Å². The number of carbonyl (C=O) groups excluding carboxylic acids is 1. The molecule has 2 aromatic rings. The molecule has 0 spiro atoms. The Kier molecular flexibility index (Phi) is 5.86. The molecular weight excluding hydrogens is 292 g/mol. The van der Waals surface area contributed by atoms with Crippen LogP contribution in [0.1, 0.15) is 18.4 Å². The SMILES string of the molecule is COc1ccc(CCCC(=O)Nc2cc(OC)ccc2N)cc1. The molecule has 5 nitrogen and oxygen atoms in total. The van der Waals surface area contributed by atoms with Gasteiger partial charge in [-0.2, -0.15) is 0 Å². The van der Waals surface area contributed by atoms with E-state index in [0.29, 0.717) is 23.5 Å². The third-order valence-electron chi connectivity index (χ3n) is 3.56. The van der Waals surface area contributed by atoms with Gasteiger partial charge in [0.1, 0.15) is 11.5 Å². The van der Waals surface area contributed by atoms with Crippen molar-refractivity contribution < 1.29 is 14.3 Å². The van der Waals surface area contributed by atoms with Gasteiger partial charge in [-0.25, -0.2) is 0 Å². The first-order chi connectivity index (χ1) is 11.1. The number of carbonyl (C=O) groups is 1. The molecule has 0 fully saturated rings. The lowest BCUT2D eigenvalue weighted by Crippen LogP contribution is -2.13. The van der Waals surface area contributed by atoms with Crippen molar-refractivity contribution in [3.05, 3.63) is 48.0 Å². The highest BCUT2D eigenvalue weighted by Gasteiger charge is 2.07. The fraction of sp³-hybridized carbons (Fsp3) is 0.278. The minimum absolute atomic E-state index is 0.0570. The minimum Gasteiger partial charge on any atom is -0.497 e. The molecule has 0 bridgehead atoms. The Morgan fingerprint density at radius 3 is 2.35 bits per heavy atom. The molecule has 122 valence electrons. The summed E-state index contributed by atoms with van der Waals surface area (Å²) in [7, 11) is 3.22. The summed E-state index contributed by atoms with van der Waals surface area (Å²) >= 11 is 0. The van der Waals surface area contributed by atoms with E-state index < -0.39 is 0 Å². The number of anilines is 2. The van der Waals surface area contributed by atoms with Crippen LogP contribution in [0.5, 0.6) is 11.5 Å². The van der Waals surface area contributed by atoms with Crippen LogP contribution < -0.4 is 20.5 Å². The van der Waals surface area contributed by atoms with Crippen LogP contribution in [0.15, 0.2) is 42.5 Å². The summed E-state index contributed by atoms with van der Waals surface area (Å²) in [5.41, 5.74) is 8.14. The number of nitrogens with one attached hydrogen (secondary N) is 1. The number of rotatable bonds is 7. The lowest BCUT2D eigenvalue weighted by molar-refractivity contribution is -0.116. The fourth-order valence-corrected chi connectivity index (χ4v) is 2.23. The van der Waals surface area contributed by atoms with E-state index in [9.17, 15) is 4.79 Å². The van der Waals surface area contributed by atoms with Crippen LogP contribution in [0.4, 0.5) is 11.4 Å². The van der Waals surface area contributed by atoms with Crippen molar-refractivity contribution in [1.29, 1.82) is 0 Å². The van der Waals surface area contributed by atoms with E-state index >= 15 is 0 Å². The average molecular weight is 314 g/mol. The summed E-state index contributed by atoms with van der Waals surface area (Å²) in [6, 6.07) is 13.1. The number of aryl methyl sites for hydroxylation is 1. The fourth-order valence-electron chi connectivity index (χ4n) is 2.23. The van der Waals surface area contributed by atoms with Crippen LogP contribution in [-0.4, -0.2) is 20.1 Å². The molecule has 3 N–H and O–H groups in total. The second-order valence-corrected chi connectivity index (χ2v) is 5.20.